The van der Waals surface area contributed by atoms with Crippen LogP contribution in [0.25, 0.3) is 16.5 Å². The number of aromatic amines is 1. The third-order valence-corrected chi connectivity index (χ3v) is 5.99. The largest absolute Gasteiger partial charge is 0.462 e. The summed E-state index contributed by atoms with van der Waals surface area (Å²) in [7, 11) is 0. The molecule has 1 atom stereocenters. The zero-order valence-corrected chi connectivity index (χ0v) is 18.0. The lowest BCUT2D eigenvalue weighted by atomic mass is 9.92. The van der Waals surface area contributed by atoms with Crippen molar-refractivity contribution in [1.82, 2.24) is 9.88 Å². The van der Waals surface area contributed by atoms with Gasteiger partial charge < -0.3 is 24.1 Å². The third-order valence-electron chi connectivity index (χ3n) is 5.99. The minimum Gasteiger partial charge on any atom is -0.462 e. The molecule has 1 N–H and O–H groups in total. The number of benzene rings is 2. The maximum atomic E-state index is 13.5. The van der Waals surface area contributed by atoms with Gasteiger partial charge in [-0.1, -0.05) is 25.1 Å². The van der Waals surface area contributed by atoms with Crippen molar-refractivity contribution >= 4 is 28.4 Å². The Labute approximate surface area is 185 Å². The summed E-state index contributed by atoms with van der Waals surface area (Å²) in [5.41, 5.74) is 3.55. The van der Waals surface area contributed by atoms with Crippen molar-refractivity contribution in [2.75, 3.05) is 19.9 Å². The van der Waals surface area contributed by atoms with Crippen molar-refractivity contribution in [2.24, 2.45) is 0 Å². The number of nitrogens with one attached hydrogen (secondary N) is 1. The molecular weight excluding hydrogens is 408 g/mol. The van der Waals surface area contributed by atoms with Crippen molar-refractivity contribution in [3.05, 3.63) is 65.5 Å². The summed E-state index contributed by atoms with van der Waals surface area (Å²) >= 11 is 0. The molecule has 3 aromatic rings. The number of amides is 1. The van der Waals surface area contributed by atoms with Crippen molar-refractivity contribution in [3.63, 3.8) is 0 Å². The highest BCUT2D eigenvalue weighted by atomic mass is 16.7. The van der Waals surface area contributed by atoms with Crippen LogP contribution in [0.3, 0.4) is 0 Å². The van der Waals surface area contributed by atoms with Gasteiger partial charge in [0.15, 0.2) is 11.5 Å². The lowest BCUT2D eigenvalue weighted by Crippen LogP contribution is -2.29. The zero-order valence-electron chi connectivity index (χ0n) is 18.0. The average molecular weight is 432 g/mol. The lowest BCUT2D eigenvalue weighted by Gasteiger charge is -2.23. The van der Waals surface area contributed by atoms with Crippen molar-refractivity contribution in [1.29, 1.82) is 0 Å². The quantitative estimate of drug-likeness (QED) is 0.616. The molecule has 0 aliphatic carbocycles. The molecule has 2 aliphatic rings. The number of hydrogen-bond donors (Lipinski definition) is 1. The fourth-order valence-corrected chi connectivity index (χ4v) is 4.44. The number of aromatic nitrogens is 1. The molecule has 164 valence electrons. The molecule has 1 amide bonds. The first kappa shape index (κ1) is 20.2. The summed E-state index contributed by atoms with van der Waals surface area (Å²) in [5.74, 6) is 0.539. The van der Waals surface area contributed by atoms with E-state index in [9.17, 15) is 9.59 Å². The molecule has 0 radical (unpaired) electrons. The third kappa shape index (κ3) is 3.30. The molecule has 0 saturated carbocycles. The van der Waals surface area contributed by atoms with Gasteiger partial charge in [0.1, 0.15) is 0 Å². The van der Waals surface area contributed by atoms with Crippen LogP contribution in [0.1, 0.15) is 47.8 Å². The standard InChI is InChI=1S/C25H24N2O5/c1-3-15-12-27(24(28)16-9-10-20-21(11-16)32-14-31-20)13-18(25(29)30-4-2)23-22(15)17-7-5-6-8-19(17)26-23/h5-11,13,15,26H,3-4,12,14H2,1-2H3. The van der Waals surface area contributed by atoms with E-state index in [1.807, 2.05) is 24.3 Å². The Balaban J connectivity index is 1.62. The molecule has 7 heteroatoms. The molecule has 7 nitrogen and oxygen atoms in total. The van der Waals surface area contributed by atoms with Crippen LogP contribution < -0.4 is 9.47 Å². The van der Waals surface area contributed by atoms with Gasteiger partial charge in [0, 0.05) is 35.1 Å². The predicted molar refractivity (Wildman–Crippen MR) is 120 cm³/mol. The molecule has 0 fully saturated rings. The van der Waals surface area contributed by atoms with Gasteiger partial charge in [-0.15, -0.1) is 0 Å². The second-order valence-corrected chi connectivity index (χ2v) is 7.85. The smallest absolute Gasteiger partial charge is 0.341 e. The van der Waals surface area contributed by atoms with E-state index in [0.717, 1.165) is 28.6 Å². The molecule has 0 bridgehead atoms. The molecule has 2 aromatic carbocycles. The number of esters is 1. The number of carbonyl (C=O) groups is 2. The Hall–Kier alpha value is -3.74. The topological polar surface area (TPSA) is 80.9 Å². The summed E-state index contributed by atoms with van der Waals surface area (Å²) in [6.45, 7) is 4.70. The van der Waals surface area contributed by atoms with Gasteiger partial charge in [-0.05, 0) is 43.2 Å². The predicted octanol–water partition coefficient (Wildman–Crippen LogP) is 4.45. The first-order valence-electron chi connectivity index (χ1n) is 10.8. The maximum Gasteiger partial charge on any atom is 0.341 e. The molecular formula is C25H24N2O5. The second-order valence-electron chi connectivity index (χ2n) is 7.85. The van der Waals surface area contributed by atoms with Crippen molar-refractivity contribution in [3.8, 4) is 11.5 Å². The number of nitrogens with zero attached hydrogens (tertiary/aromatic N) is 1. The van der Waals surface area contributed by atoms with Gasteiger partial charge >= 0.3 is 5.97 Å². The van der Waals surface area contributed by atoms with E-state index >= 15 is 0 Å². The first-order valence-corrected chi connectivity index (χ1v) is 10.8. The SMILES string of the molecule is CCOC(=O)C1=CN(C(=O)c2ccc3c(c2)OCO3)CC(CC)c2c1[nH]c1ccccc21. The maximum absolute atomic E-state index is 13.5. The molecule has 3 heterocycles. The Bertz CT molecular complexity index is 1240. The van der Waals surface area contributed by atoms with Gasteiger partial charge in [0.25, 0.3) is 5.91 Å². The van der Waals surface area contributed by atoms with Crippen LogP contribution in [0, 0.1) is 0 Å². The van der Waals surface area contributed by atoms with Gasteiger partial charge in [0.05, 0.1) is 17.9 Å². The number of ether oxygens (including phenoxy) is 3. The number of fused-ring (bicyclic) bond motifs is 4. The van der Waals surface area contributed by atoms with E-state index in [1.54, 1.807) is 36.2 Å². The molecule has 0 spiro atoms. The van der Waals surface area contributed by atoms with Gasteiger partial charge in [-0.2, -0.15) is 0 Å². The highest BCUT2D eigenvalue weighted by Gasteiger charge is 2.32. The van der Waals surface area contributed by atoms with Crippen molar-refractivity contribution in [2.45, 2.75) is 26.2 Å². The number of carbonyl (C=O) groups excluding carboxylic acids is 2. The van der Waals surface area contributed by atoms with E-state index in [2.05, 4.69) is 11.9 Å². The van der Waals surface area contributed by atoms with E-state index < -0.39 is 5.97 Å². The van der Waals surface area contributed by atoms with E-state index in [-0.39, 0.29) is 25.2 Å². The summed E-state index contributed by atoms with van der Waals surface area (Å²) in [5, 5.41) is 1.06. The minimum absolute atomic E-state index is 0.0438. The summed E-state index contributed by atoms with van der Waals surface area (Å²) in [6.07, 6.45) is 2.43. The van der Waals surface area contributed by atoms with Crippen LogP contribution in [0.5, 0.6) is 11.5 Å². The van der Waals surface area contributed by atoms with Gasteiger partial charge in [0.2, 0.25) is 6.79 Å². The Kier molecular flexibility index (Phi) is 5.09. The second kappa shape index (κ2) is 8.07. The molecule has 32 heavy (non-hydrogen) atoms. The fourth-order valence-electron chi connectivity index (χ4n) is 4.44. The summed E-state index contributed by atoms with van der Waals surface area (Å²) in [6, 6.07) is 13.1. The Morgan fingerprint density at radius 1 is 1.12 bits per heavy atom. The molecule has 1 aromatic heterocycles. The highest BCUT2D eigenvalue weighted by molar-refractivity contribution is 6.18. The average Bonchev–Trinajstić information content (AvgIpc) is 3.39. The van der Waals surface area contributed by atoms with Crippen LogP contribution in [0.2, 0.25) is 0 Å². The molecule has 2 aliphatic heterocycles. The first-order chi connectivity index (χ1) is 15.6. The number of H-pyrrole nitrogens is 1. The van der Waals surface area contributed by atoms with E-state index in [1.165, 1.54) is 0 Å². The van der Waals surface area contributed by atoms with Crippen LogP contribution in [-0.2, 0) is 9.53 Å². The zero-order chi connectivity index (χ0) is 22.2. The monoisotopic (exact) mass is 432 g/mol. The fraction of sp³-hybridized carbons (Fsp3) is 0.280. The Morgan fingerprint density at radius 3 is 2.75 bits per heavy atom. The van der Waals surface area contributed by atoms with E-state index in [0.29, 0.717) is 29.2 Å². The normalized spacial score (nSPS) is 17.0. The van der Waals surface area contributed by atoms with Crippen molar-refractivity contribution < 1.29 is 23.8 Å². The van der Waals surface area contributed by atoms with Gasteiger partial charge in [-0.25, -0.2) is 4.79 Å². The number of para-hydroxylation sites is 1. The van der Waals surface area contributed by atoms with E-state index in [4.69, 9.17) is 14.2 Å². The van der Waals surface area contributed by atoms with Crippen LogP contribution >= 0.6 is 0 Å². The molecule has 1 unspecified atom stereocenters. The molecule has 5 rings (SSSR count). The lowest BCUT2D eigenvalue weighted by molar-refractivity contribution is -0.136. The summed E-state index contributed by atoms with van der Waals surface area (Å²) < 4.78 is 16.1. The number of hydrogen-bond acceptors (Lipinski definition) is 5. The van der Waals surface area contributed by atoms with Crippen LogP contribution in [0.4, 0.5) is 0 Å². The Morgan fingerprint density at radius 2 is 1.94 bits per heavy atom. The van der Waals surface area contributed by atoms with Crippen LogP contribution in [-0.4, -0.2) is 41.7 Å². The summed E-state index contributed by atoms with van der Waals surface area (Å²) in [4.78, 5) is 31.5. The van der Waals surface area contributed by atoms with Gasteiger partial charge in [-0.3, -0.25) is 4.79 Å². The highest BCUT2D eigenvalue weighted by Crippen LogP contribution is 2.39. The van der Waals surface area contributed by atoms with Crippen LogP contribution in [0.15, 0.2) is 48.7 Å². The minimum atomic E-state index is -0.458. The number of rotatable bonds is 4. The molecule has 0 saturated heterocycles.